The SMILES string of the molecule is Cc1cc(F)ccc1NC(=O)CC(O)c1ccc(Cl)cc1. The first kappa shape index (κ1) is 15.5. The largest absolute Gasteiger partial charge is 0.388 e. The highest BCUT2D eigenvalue weighted by atomic mass is 35.5. The molecule has 0 aliphatic heterocycles. The van der Waals surface area contributed by atoms with Crippen LogP contribution in [0.1, 0.15) is 23.7 Å². The van der Waals surface area contributed by atoms with Crippen LogP contribution in [0.4, 0.5) is 10.1 Å². The summed E-state index contributed by atoms with van der Waals surface area (Å²) < 4.78 is 13.0. The van der Waals surface area contributed by atoms with Gasteiger partial charge in [-0.05, 0) is 48.4 Å². The molecule has 0 radical (unpaired) electrons. The van der Waals surface area contributed by atoms with Crippen molar-refractivity contribution in [2.24, 2.45) is 0 Å². The number of hydrogen-bond donors (Lipinski definition) is 2. The van der Waals surface area contributed by atoms with Crippen LogP contribution < -0.4 is 5.32 Å². The Hall–Kier alpha value is -1.91. The molecule has 2 aromatic rings. The molecule has 0 saturated heterocycles. The van der Waals surface area contributed by atoms with E-state index in [0.717, 1.165) is 0 Å². The van der Waals surface area contributed by atoms with Crippen LogP contribution in [-0.4, -0.2) is 11.0 Å². The Balaban J connectivity index is 1.99. The number of nitrogens with one attached hydrogen (secondary N) is 1. The van der Waals surface area contributed by atoms with Crippen molar-refractivity contribution in [3.05, 3.63) is 64.4 Å². The van der Waals surface area contributed by atoms with E-state index in [9.17, 15) is 14.3 Å². The minimum absolute atomic E-state index is 0.0849. The summed E-state index contributed by atoms with van der Waals surface area (Å²) in [6.45, 7) is 1.70. The number of aliphatic hydroxyl groups is 1. The van der Waals surface area contributed by atoms with Crippen LogP contribution in [-0.2, 0) is 4.79 Å². The van der Waals surface area contributed by atoms with Crippen LogP contribution in [0.15, 0.2) is 42.5 Å². The van der Waals surface area contributed by atoms with Crippen molar-refractivity contribution in [3.8, 4) is 0 Å². The first-order valence-electron chi connectivity index (χ1n) is 6.45. The van der Waals surface area contributed by atoms with Crippen LogP contribution in [0.5, 0.6) is 0 Å². The van der Waals surface area contributed by atoms with Gasteiger partial charge in [0.2, 0.25) is 5.91 Å². The summed E-state index contributed by atoms with van der Waals surface area (Å²) >= 11 is 5.77. The predicted molar refractivity (Wildman–Crippen MR) is 80.8 cm³/mol. The van der Waals surface area contributed by atoms with Crippen LogP contribution in [0, 0.1) is 12.7 Å². The molecule has 0 spiro atoms. The van der Waals surface area contributed by atoms with E-state index >= 15 is 0 Å². The Kier molecular flexibility index (Phi) is 4.94. The summed E-state index contributed by atoms with van der Waals surface area (Å²) in [5.74, 6) is -0.696. The smallest absolute Gasteiger partial charge is 0.227 e. The van der Waals surface area contributed by atoms with Gasteiger partial charge in [0.15, 0.2) is 0 Å². The van der Waals surface area contributed by atoms with E-state index in [-0.39, 0.29) is 18.1 Å². The van der Waals surface area contributed by atoms with Crippen LogP contribution in [0.25, 0.3) is 0 Å². The number of aryl methyl sites for hydroxylation is 1. The van der Waals surface area contributed by atoms with Crippen molar-refractivity contribution in [1.82, 2.24) is 0 Å². The van der Waals surface area contributed by atoms with Gasteiger partial charge in [0.1, 0.15) is 5.82 Å². The van der Waals surface area contributed by atoms with E-state index in [1.165, 1.54) is 18.2 Å². The molecule has 1 atom stereocenters. The van der Waals surface area contributed by atoms with Gasteiger partial charge in [-0.15, -0.1) is 0 Å². The maximum absolute atomic E-state index is 13.0. The van der Waals surface area contributed by atoms with Crippen molar-refractivity contribution < 1.29 is 14.3 Å². The second kappa shape index (κ2) is 6.70. The summed E-state index contributed by atoms with van der Waals surface area (Å²) in [7, 11) is 0. The monoisotopic (exact) mass is 307 g/mol. The number of amides is 1. The Morgan fingerprint density at radius 1 is 1.29 bits per heavy atom. The third kappa shape index (κ3) is 4.28. The average molecular weight is 308 g/mol. The molecule has 110 valence electrons. The van der Waals surface area contributed by atoms with Crippen molar-refractivity contribution in [2.45, 2.75) is 19.4 Å². The van der Waals surface area contributed by atoms with E-state index in [4.69, 9.17) is 11.6 Å². The number of aliphatic hydroxyl groups excluding tert-OH is 1. The molecule has 5 heteroatoms. The molecule has 2 N–H and O–H groups in total. The molecule has 3 nitrogen and oxygen atoms in total. The van der Waals surface area contributed by atoms with Crippen LogP contribution >= 0.6 is 11.6 Å². The molecular formula is C16H15ClFNO2. The summed E-state index contributed by atoms with van der Waals surface area (Å²) in [5, 5.41) is 13.2. The fraction of sp³-hybridized carbons (Fsp3) is 0.188. The molecule has 0 aromatic heterocycles. The van der Waals surface area contributed by atoms with Gasteiger partial charge >= 0.3 is 0 Å². The molecular weight excluding hydrogens is 293 g/mol. The Morgan fingerprint density at radius 2 is 1.95 bits per heavy atom. The zero-order chi connectivity index (χ0) is 15.4. The van der Waals surface area contributed by atoms with Gasteiger partial charge in [-0.2, -0.15) is 0 Å². The minimum Gasteiger partial charge on any atom is -0.388 e. The Bertz CT molecular complexity index is 643. The maximum atomic E-state index is 13.0. The second-order valence-corrected chi connectivity index (χ2v) is 5.22. The lowest BCUT2D eigenvalue weighted by Gasteiger charge is -2.12. The van der Waals surface area contributed by atoms with Crippen molar-refractivity contribution >= 4 is 23.2 Å². The summed E-state index contributed by atoms with van der Waals surface area (Å²) in [4.78, 5) is 11.9. The molecule has 0 heterocycles. The van der Waals surface area contributed by atoms with Crippen LogP contribution in [0.3, 0.4) is 0 Å². The Morgan fingerprint density at radius 3 is 2.57 bits per heavy atom. The van der Waals surface area contributed by atoms with Gasteiger partial charge in [-0.25, -0.2) is 4.39 Å². The molecule has 1 amide bonds. The number of anilines is 1. The quantitative estimate of drug-likeness (QED) is 0.901. The molecule has 2 rings (SSSR count). The lowest BCUT2D eigenvalue weighted by Crippen LogP contribution is -2.16. The number of carbonyl (C=O) groups excluding carboxylic acids is 1. The lowest BCUT2D eigenvalue weighted by molar-refractivity contribution is -0.118. The number of benzene rings is 2. The van der Waals surface area contributed by atoms with Gasteiger partial charge in [-0.3, -0.25) is 4.79 Å². The van der Waals surface area contributed by atoms with Gasteiger partial charge in [0, 0.05) is 10.7 Å². The first-order valence-corrected chi connectivity index (χ1v) is 6.83. The van der Waals surface area contributed by atoms with E-state index in [0.29, 0.717) is 21.8 Å². The summed E-state index contributed by atoms with van der Waals surface area (Å²) in [6.07, 6.45) is -0.999. The number of carbonyl (C=O) groups is 1. The topological polar surface area (TPSA) is 49.3 Å². The third-order valence-electron chi connectivity index (χ3n) is 3.10. The van der Waals surface area contributed by atoms with Gasteiger partial charge in [0.05, 0.1) is 12.5 Å². The average Bonchev–Trinajstić information content (AvgIpc) is 2.42. The lowest BCUT2D eigenvalue weighted by atomic mass is 10.1. The highest BCUT2D eigenvalue weighted by Crippen LogP contribution is 2.21. The molecule has 2 aromatic carbocycles. The van der Waals surface area contributed by atoms with Crippen molar-refractivity contribution in [3.63, 3.8) is 0 Å². The second-order valence-electron chi connectivity index (χ2n) is 4.78. The van der Waals surface area contributed by atoms with Crippen molar-refractivity contribution in [1.29, 1.82) is 0 Å². The fourth-order valence-electron chi connectivity index (χ4n) is 1.95. The molecule has 0 aliphatic carbocycles. The first-order chi connectivity index (χ1) is 9.95. The molecule has 21 heavy (non-hydrogen) atoms. The van der Waals surface area contributed by atoms with E-state index in [2.05, 4.69) is 5.32 Å². The predicted octanol–water partition coefficient (Wildman–Crippen LogP) is 3.85. The minimum atomic E-state index is -0.914. The van der Waals surface area contributed by atoms with Gasteiger partial charge < -0.3 is 10.4 Å². The summed E-state index contributed by atoms with van der Waals surface area (Å²) in [5.41, 5.74) is 1.78. The zero-order valence-electron chi connectivity index (χ0n) is 11.4. The van der Waals surface area contributed by atoms with Crippen LogP contribution in [0.2, 0.25) is 5.02 Å². The number of halogens is 2. The number of hydrogen-bond acceptors (Lipinski definition) is 2. The van der Waals surface area contributed by atoms with E-state index in [1.54, 1.807) is 31.2 Å². The van der Waals surface area contributed by atoms with E-state index < -0.39 is 6.10 Å². The highest BCUT2D eigenvalue weighted by Gasteiger charge is 2.14. The van der Waals surface area contributed by atoms with Crippen molar-refractivity contribution in [2.75, 3.05) is 5.32 Å². The Labute approximate surface area is 127 Å². The molecule has 0 aliphatic rings. The van der Waals surface area contributed by atoms with Gasteiger partial charge in [0.25, 0.3) is 0 Å². The maximum Gasteiger partial charge on any atom is 0.227 e. The standard InChI is InChI=1S/C16H15ClFNO2/c1-10-8-13(18)6-7-14(10)19-16(21)9-15(20)11-2-4-12(17)5-3-11/h2-8,15,20H,9H2,1H3,(H,19,21). The molecule has 0 saturated carbocycles. The van der Waals surface area contributed by atoms with E-state index in [1.807, 2.05) is 0 Å². The molecule has 0 fully saturated rings. The normalized spacial score (nSPS) is 12.0. The zero-order valence-corrected chi connectivity index (χ0v) is 12.2. The third-order valence-corrected chi connectivity index (χ3v) is 3.35. The number of rotatable bonds is 4. The fourth-order valence-corrected chi connectivity index (χ4v) is 2.07. The highest BCUT2D eigenvalue weighted by molar-refractivity contribution is 6.30. The molecule has 0 bridgehead atoms. The van der Waals surface area contributed by atoms with Gasteiger partial charge in [-0.1, -0.05) is 23.7 Å². The molecule has 1 unspecified atom stereocenters. The summed E-state index contributed by atoms with van der Waals surface area (Å²) in [6, 6.07) is 10.8.